The molecule has 0 atom stereocenters. The molecule has 0 aliphatic carbocycles. The second-order valence-electron chi connectivity index (χ2n) is 5.91. The van der Waals surface area contributed by atoms with E-state index in [0.29, 0.717) is 12.2 Å². The number of hydrogen-bond acceptors (Lipinski definition) is 3. The van der Waals surface area contributed by atoms with Crippen LogP contribution < -0.4 is 5.56 Å². The number of rotatable bonds is 4. The number of benzene rings is 2. The summed E-state index contributed by atoms with van der Waals surface area (Å²) in [5, 5.41) is 13.3. The quantitative estimate of drug-likeness (QED) is 0.617. The molecule has 128 valence electrons. The van der Waals surface area contributed by atoms with Crippen LogP contribution in [-0.4, -0.2) is 25.3 Å². The second-order valence-corrected chi connectivity index (χ2v) is 5.91. The maximum atomic E-state index is 12.2. The van der Waals surface area contributed by atoms with Crippen LogP contribution in [0.25, 0.3) is 16.8 Å². The highest BCUT2D eigenvalue weighted by atomic mass is 16.4. The molecule has 6 heteroatoms. The van der Waals surface area contributed by atoms with Crippen molar-refractivity contribution in [1.82, 2.24) is 14.2 Å². The number of carboxylic acids is 1. The summed E-state index contributed by atoms with van der Waals surface area (Å²) in [4.78, 5) is 23.7. The largest absolute Gasteiger partial charge is 0.477 e. The molecule has 1 N–H and O–H groups in total. The van der Waals surface area contributed by atoms with Crippen LogP contribution in [0, 0.1) is 0 Å². The van der Waals surface area contributed by atoms with Crippen LogP contribution in [0.5, 0.6) is 0 Å². The predicted octanol–water partition coefficient (Wildman–Crippen LogP) is 2.91. The summed E-state index contributed by atoms with van der Waals surface area (Å²) in [7, 11) is 0. The number of fused-ring (bicyclic) bond motifs is 1. The zero-order valence-corrected chi connectivity index (χ0v) is 13.7. The van der Waals surface area contributed by atoms with Gasteiger partial charge in [0.2, 0.25) is 0 Å². The number of carboxylic acid groups (broad SMARTS) is 1. The Bertz CT molecular complexity index is 1160. The number of carbonyl (C=O) groups is 1. The first-order valence-corrected chi connectivity index (χ1v) is 8.09. The lowest BCUT2D eigenvalue weighted by Crippen LogP contribution is -2.26. The fourth-order valence-electron chi connectivity index (χ4n) is 3.08. The number of hydrogen-bond donors (Lipinski definition) is 1. The molecule has 0 bridgehead atoms. The van der Waals surface area contributed by atoms with E-state index in [2.05, 4.69) is 5.10 Å². The Morgan fingerprint density at radius 1 is 1.00 bits per heavy atom. The van der Waals surface area contributed by atoms with Gasteiger partial charge in [-0.2, -0.15) is 9.61 Å². The highest BCUT2D eigenvalue weighted by molar-refractivity contribution is 5.87. The van der Waals surface area contributed by atoms with Gasteiger partial charge in [-0.1, -0.05) is 54.6 Å². The number of aromatic nitrogens is 3. The summed E-state index contributed by atoms with van der Waals surface area (Å²) in [6.07, 6.45) is 2.87. The minimum Gasteiger partial charge on any atom is -0.477 e. The SMILES string of the molecule is O=C(O)c1cn(Cc2ccccc2-c2ccccc2)c2ccnn2c1=O. The number of aromatic carboxylic acids is 1. The molecule has 26 heavy (non-hydrogen) atoms. The lowest BCUT2D eigenvalue weighted by atomic mass is 9.99. The zero-order chi connectivity index (χ0) is 18.1. The molecule has 0 unspecified atom stereocenters. The Labute approximate surface area is 148 Å². The van der Waals surface area contributed by atoms with E-state index in [1.54, 1.807) is 10.6 Å². The lowest BCUT2D eigenvalue weighted by Gasteiger charge is -2.14. The summed E-state index contributed by atoms with van der Waals surface area (Å²) in [5.74, 6) is -1.27. The minimum atomic E-state index is -1.27. The van der Waals surface area contributed by atoms with E-state index in [1.165, 1.54) is 12.4 Å². The third kappa shape index (κ3) is 2.67. The van der Waals surface area contributed by atoms with Crippen molar-refractivity contribution in [2.45, 2.75) is 6.54 Å². The van der Waals surface area contributed by atoms with E-state index in [4.69, 9.17) is 0 Å². The van der Waals surface area contributed by atoms with Gasteiger partial charge in [0.05, 0.1) is 6.20 Å². The van der Waals surface area contributed by atoms with Crippen molar-refractivity contribution in [2.75, 3.05) is 0 Å². The number of nitrogens with zero attached hydrogens (tertiary/aromatic N) is 3. The van der Waals surface area contributed by atoms with Crippen LogP contribution in [0.1, 0.15) is 15.9 Å². The fourth-order valence-corrected chi connectivity index (χ4v) is 3.08. The summed E-state index contributed by atoms with van der Waals surface area (Å²) in [5.41, 5.74) is 2.75. The molecule has 6 nitrogen and oxygen atoms in total. The van der Waals surface area contributed by atoms with Gasteiger partial charge in [-0.3, -0.25) is 4.79 Å². The van der Waals surface area contributed by atoms with Crippen LogP contribution >= 0.6 is 0 Å². The average molecular weight is 345 g/mol. The summed E-state index contributed by atoms with van der Waals surface area (Å²) in [6.45, 7) is 0.417. The van der Waals surface area contributed by atoms with E-state index in [9.17, 15) is 14.7 Å². The van der Waals surface area contributed by atoms with Gasteiger partial charge < -0.3 is 9.67 Å². The topological polar surface area (TPSA) is 76.6 Å². The van der Waals surface area contributed by atoms with Crippen molar-refractivity contribution in [3.05, 3.63) is 94.5 Å². The van der Waals surface area contributed by atoms with Gasteiger partial charge in [0.1, 0.15) is 11.2 Å². The molecule has 2 aromatic heterocycles. The first-order chi connectivity index (χ1) is 12.6. The van der Waals surface area contributed by atoms with Crippen LogP contribution in [0.4, 0.5) is 0 Å². The molecular weight excluding hydrogens is 330 g/mol. The lowest BCUT2D eigenvalue weighted by molar-refractivity contribution is 0.0693. The Hall–Kier alpha value is -3.67. The van der Waals surface area contributed by atoms with Gasteiger partial charge in [0.25, 0.3) is 5.56 Å². The molecule has 0 aliphatic heterocycles. The van der Waals surface area contributed by atoms with Crippen LogP contribution in [0.2, 0.25) is 0 Å². The summed E-state index contributed by atoms with van der Waals surface area (Å²) < 4.78 is 2.86. The molecule has 0 amide bonds. The second kappa shape index (κ2) is 6.33. The monoisotopic (exact) mass is 345 g/mol. The van der Waals surface area contributed by atoms with Crippen molar-refractivity contribution in [1.29, 1.82) is 0 Å². The van der Waals surface area contributed by atoms with Crippen molar-refractivity contribution in [3.8, 4) is 11.1 Å². The predicted molar refractivity (Wildman–Crippen MR) is 97.4 cm³/mol. The summed E-state index contributed by atoms with van der Waals surface area (Å²) in [6, 6.07) is 19.6. The average Bonchev–Trinajstić information content (AvgIpc) is 3.15. The van der Waals surface area contributed by atoms with Crippen LogP contribution in [-0.2, 0) is 6.54 Å². The molecule has 2 aromatic carbocycles. The minimum absolute atomic E-state index is 0.307. The van der Waals surface area contributed by atoms with Crippen LogP contribution in [0.3, 0.4) is 0 Å². The smallest absolute Gasteiger partial charge is 0.342 e. The maximum Gasteiger partial charge on any atom is 0.342 e. The van der Waals surface area contributed by atoms with E-state index in [-0.39, 0.29) is 5.56 Å². The van der Waals surface area contributed by atoms with Crippen molar-refractivity contribution in [3.63, 3.8) is 0 Å². The third-order valence-electron chi connectivity index (χ3n) is 4.30. The Morgan fingerprint density at radius 3 is 2.50 bits per heavy atom. The molecule has 0 saturated heterocycles. The van der Waals surface area contributed by atoms with Gasteiger partial charge in [-0.15, -0.1) is 0 Å². The van der Waals surface area contributed by atoms with Gasteiger partial charge >= 0.3 is 5.97 Å². The van der Waals surface area contributed by atoms with Gasteiger partial charge in [-0.25, -0.2) is 4.79 Å². The van der Waals surface area contributed by atoms with Gasteiger partial charge in [0, 0.05) is 18.8 Å². The highest BCUT2D eigenvalue weighted by Crippen LogP contribution is 2.24. The molecule has 0 fully saturated rings. The zero-order valence-electron chi connectivity index (χ0n) is 13.7. The fraction of sp³-hybridized carbons (Fsp3) is 0.0500. The standard InChI is InChI=1S/C20H15N3O3/c24-19-17(20(25)26)13-22(18-10-11-21-23(18)19)12-15-8-4-5-9-16(15)14-6-2-1-3-7-14/h1-11,13H,12H2,(H,25,26). The molecule has 2 heterocycles. The molecule has 0 spiro atoms. The van der Waals surface area contributed by atoms with Crippen molar-refractivity contribution < 1.29 is 9.90 Å². The molecule has 4 aromatic rings. The first kappa shape index (κ1) is 15.8. The summed E-state index contributed by atoms with van der Waals surface area (Å²) >= 11 is 0. The highest BCUT2D eigenvalue weighted by Gasteiger charge is 2.16. The third-order valence-corrected chi connectivity index (χ3v) is 4.30. The Balaban J connectivity index is 1.87. The molecule has 4 rings (SSSR count). The van der Waals surface area contributed by atoms with Gasteiger partial charge in [-0.05, 0) is 16.7 Å². The van der Waals surface area contributed by atoms with Crippen molar-refractivity contribution in [2.24, 2.45) is 0 Å². The van der Waals surface area contributed by atoms with E-state index < -0.39 is 11.5 Å². The van der Waals surface area contributed by atoms with Gasteiger partial charge in [0.15, 0.2) is 0 Å². The molecule has 0 aliphatic rings. The molecule has 0 saturated carbocycles. The molecular formula is C20H15N3O3. The van der Waals surface area contributed by atoms with Crippen molar-refractivity contribution >= 4 is 11.6 Å². The normalized spacial score (nSPS) is 10.9. The van der Waals surface area contributed by atoms with E-state index >= 15 is 0 Å². The Morgan fingerprint density at radius 2 is 1.73 bits per heavy atom. The maximum absolute atomic E-state index is 12.2. The first-order valence-electron chi connectivity index (χ1n) is 8.09. The van der Waals surface area contributed by atoms with E-state index in [1.807, 2.05) is 54.6 Å². The molecule has 0 radical (unpaired) electrons. The Kier molecular flexibility index (Phi) is 3.85. The van der Waals surface area contributed by atoms with E-state index in [0.717, 1.165) is 21.2 Å². The van der Waals surface area contributed by atoms with Crippen LogP contribution in [0.15, 0.2) is 77.9 Å².